The Morgan fingerprint density at radius 2 is 1.89 bits per heavy atom. The van der Waals surface area contributed by atoms with E-state index in [0.29, 0.717) is 5.82 Å². The second kappa shape index (κ2) is 7.68. The van der Waals surface area contributed by atoms with E-state index >= 15 is 0 Å². The minimum absolute atomic E-state index is 0.133. The van der Waals surface area contributed by atoms with Gasteiger partial charge >= 0.3 is 7.12 Å². The van der Waals surface area contributed by atoms with Crippen molar-refractivity contribution >= 4 is 41.2 Å². The van der Waals surface area contributed by atoms with Crippen LogP contribution in [0.25, 0.3) is 16.8 Å². The second-order valence-corrected chi connectivity index (χ2v) is 8.33. The van der Waals surface area contributed by atoms with Gasteiger partial charge in [-0.3, -0.25) is 4.79 Å². The zero-order valence-corrected chi connectivity index (χ0v) is 17.6. The molecule has 0 atom stereocenters. The van der Waals surface area contributed by atoms with E-state index in [2.05, 4.69) is 29.4 Å². The average molecular weight is 380 g/mol. The molecule has 5 nitrogen and oxygen atoms in total. The molecule has 1 aromatic carbocycles. The highest BCUT2D eigenvalue weighted by Gasteiger charge is 2.51. The first kappa shape index (κ1) is 20.6. The number of allylic oxidation sites excluding steroid dienone is 1. The Morgan fingerprint density at radius 1 is 1.21 bits per heavy atom. The summed E-state index contributed by atoms with van der Waals surface area (Å²) < 4.78 is 12.3. The monoisotopic (exact) mass is 380 g/mol. The van der Waals surface area contributed by atoms with Crippen LogP contribution in [0.5, 0.6) is 0 Å². The molecule has 28 heavy (non-hydrogen) atoms. The summed E-state index contributed by atoms with van der Waals surface area (Å²) in [5, 5.41) is 4.85. The van der Waals surface area contributed by atoms with E-state index in [1.807, 2.05) is 45.9 Å². The van der Waals surface area contributed by atoms with Crippen molar-refractivity contribution in [2.45, 2.75) is 65.6 Å². The maximum atomic E-state index is 11.6. The van der Waals surface area contributed by atoms with E-state index in [1.165, 1.54) is 6.92 Å². The molecule has 1 aromatic heterocycles. The number of amides is 1. The Bertz CT molecular complexity index is 905. The summed E-state index contributed by atoms with van der Waals surface area (Å²) in [4.78, 5) is 16.1. The lowest BCUT2D eigenvalue weighted by atomic mass is 9.78. The highest BCUT2D eigenvalue weighted by molar-refractivity contribution is 6.62. The molecule has 1 aliphatic heterocycles. The third-order valence-electron chi connectivity index (χ3n) is 5.51. The molecule has 0 spiro atoms. The lowest BCUT2D eigenvalue weighted by molar-refractivity contribution is -0.114. The number of pyridine rings is 1. The number of aromatic nitrogens is 1. The van der Waals surface area contributed by atoms with Gasteiger partial charge in [0.2, 0.25) is 5.91 Å². The van der Waals surface area contributed by atoms with Crippen molar-refractivity contribution in [3.63, 3.8) is 0 Å². The first-order valence-corrected chi connectivity index (χ1v) is 9.87. The van der Waals surface area contributed by atoms with E-state index < -0.39 is 7.12 Å². The summed E-state index contributed by atoms with van der Waals surface area (Å²) in [6.07, 6.45) is 7.98. The van der Waals surface area contributed by atoms with Crippen LogP contribution in [0.4, 0.5) is 5.82 Å². The quantitative estimate of drug-likeness (QED) is 0.786. The molecule has 1 fully saturated rings. The van der Waals surface area contributed by atoms with E-state index in [-0.39, 0.29) is 17.1 Å². The lowest BCUT2D eigenvalue weighted by Crippen LogP contribution is -2.41. The van der Waals surface area contributed by atoms with Crippen LogP contribution in [0.3, 0.4) is 0 Å². The van der Waals surface area contributed by atoms with Gasteiger partial charge in [0.25, 0.3) is 0 Å². The van der Waals surface area contributed by atoms with Crippen molar-refractivity contribution in [1.29, 1.82) is 0 Å². The van der Waals surface area contributed by atoms with Gasteiger partial charge in [0, 0.05) is 24.1 Å². The van der Waals surface area contributed by atoms with Crippen LogP contribution in [0.15, 0.2) is 30.5 Å². The van der Waals surface area contributed by atoms with Crippen LogP contribution in [0, 0.1) is 0 Å². The molecule has 0 unspecified atom stereocenters. The summed E-state index contributed by atoms with van der Waals surface area (Å²) in [5.41, 5.74) is 1.12. The van der Waals surface area contributed by atoms with E-state index in [1.54, 1.807) is 6.20 Å². The number of hydrogen-bond donors (Lipinski definition) is 1. The molecule has 148 valence electrons. The van der Waals surface area contributed by atoms with Gasteiger partial charge in [-0.15, -0.1) is 0 Å². The number of carbonyl (C=O) groups excluding carboxylic acids is 1. The van der Waals surface area contributed by atoms with Gasteiger partial charge < -0.3 is 14.6 Å². The van der Waals surface area contributed by atoms with Gasteiger partial charge in [-0.2, -0.15) is 0 Å². The smallest absolute Gasteiger partial charge is 0.399 e. The number of nitrogens with one attached hydrogen (secondary N) is 1. The zero-order valence-electron chi connectivity index (χ0n) is 17.6. The molecular weight excluding hydrogens is 351 g/mol. The summed E-state index contributed by atoms with van der Waals surface area (Å²) in [5.74, 6) is 0.446. The van der Waals surface area contributed by atoms with Gasteiger partial charge in [-0.25, -0.2) is 4.98 Å². The number of benzene rings is 1. The highest BCUT2D eigenvalue weighted by atomic mass is 16.7. The van der Waals surface area contributed by atoms with Crippen molar-refractivity contribution in [2.75, 3.05) is 5.32 Å². The number of rotatable bonds is 5. The first-order chi connectivity index (χ1) is 13.1. The van der Waals surface area contributed by atoms with Crippen molar-refractivity contribution in [3.05, 3.63) is 36.0 Å². The van der Waals surface area contributed by atoms with Crippen molar-refractivity contribution in [2.24, 2.45) is 0 Å². The fourth-order valence-corrected chi connectivity index (χ4v) is 3.19. The van der Waals surface area contributed by atoms with Crippen molar-refractivity contribution < 1.29 is 14.1 Å². The molecule has 0 radical (unpaired) electrons. The fourth-order valence-electron chi connectivity index (χ4n) is 3.19. The standard InChI is InChI=1S/C22H29BN2O3/c1-7-8-9-10-19-18-12-11-17(23-27-21(3,4)22(5,6)28-23)13-16(18)14-24-20(19)25-15(2)26/h9-14H,7-8H2,1-6H3,(H,24,25,26). The molecular formula is C22H29BN2O3. The molecule has 3 rings (SSSR count). The van der Waals surface area contributed by atoms with Crippen LogP contribution < -0.4 is 10.8 Å². The molecule has 1 saturated heterocycles. The normalized spacial score (nSPS) is 18.1. The number of hydrogen-bond acceptors (Lipinski definition) is 4. The molecule has 1 amide bonds. The SMILES string of the molecule is CCCC=Cc1c(NC(C)=O)ncc2cc(B3OC(C)(C)C(C)(C)O3)ccc12. The van der Waals surface area contributed by atoms with E-state index in [0.717, 1.165) is 34.6 Å². The molecule has 1 aliphatic rings. The maximum Gasteiger partial charge on any atom is 0.494 e. The second-order valence-electron chi connectivity index (χ2n) is 8.33. The lowest BCUT2D eigenvalue weighted by Gasteiger charge is -2.32. The predicted molar refractivity (Wildman–Crippen MR) is 116 cm³/mol. The summed E-state index contributed by atoms with van der Waals surface area (Å²) in [6.45, 7) is 11.8. The number of nitrogens with zero attached hydrogens (tertiary/aromatic N) is 1. The highest BCUT2D eigenvalue weighted by Crippen LogP contribution is 2.36. The minimum atomic E-state index is -0.413. The number of carbonyl (C=O) groups is 1. The van der Waals surface area contributed by atoms with Crippen molar-refractivity contribution in [3.8, 4) is 0 Å². The summed E-state index contributed by atoms with van der Waals surface area (Å²) in [7, 11) is -0.413. The number of fused-ring (bicyclic) bond motifs is 1. The molecule has 2 heterocycles. The molecule has 1 N–H and O–H groups in total. The summed E-state index contributed by atoms with van der Waals surface area (Å²) in [6, 6.07) is 6.13. The topological polar surface area (TPSA) is 60.5 Å². The van der Waals surface area contributed by atoms with Crippen molar-refractivity contribution in [1.82, 2.24) is 4.98 Å². The minimum Gasteiger partial charge on any atom is -0.399 e. The average Bonchev–Trinajstić information content (AvgIpc) is 2.83. The van der Waals surface area contributed by atoms with Crippen LogP contribution in [-0.2, 0) is 14.1 Å². The molecule has 0 saturated carbocycles. The predicted octanol–water partition coefficient (Wildman–Crippen LogP) is 4.31. The molecule has 0 bridgehead atoms. The Kier molecular flexibility index (Phi) is 5.64. The maximum absolute atomic E-state index is 11.6. The Labute approximate surface area is 167 Å². The number of unbranched alkanes of at least 4 members (excludes halogenated alkanes) is 1. The summed E-state index contributed by atoms with van der Waals surface area (Å²) >= 11 is 0. The first-order valence-electron chi connectivity index (χ1n) is 9.87. The van der Waals surface area contributed by atoms with E-state index in [9.17, 15) is 4.79 Å². The Hall–Kier alpha value is -2.18. The van der Waals surface area contributed by atoms with Gasteiger partial charge in [-0.05, 0) is 45.0 Å². The largest absolute Gasteiger partial charge is 0.494 e. The van der Waals surface area contributed by atoms with Crippen LogP contribution in [0.1, 0.15) is 59.9 Å². The Morgan fingerprint density at radius 3 is 2.50 bits per heavy atom. The molecule has 6 heteroatoms. The fraction of sp³-hybridized carbons (Fsp3) is 0.455. The van der Waals surface area contributed by atoms with Gasteiger partial charge in [-0.1, -0.05) is 43.7 Å². The zero-order chi connectivity index (χ0) is 20.5. The third-order valence-corrected chi connectivity index (χ3v) is 5.51. The van der Waals surface area contributed by atoms with Gasteiger partial charge in [0.05, 0.1) is 11.2 Å². The molecule has 0 aliphatic carbocycles. The van der Waals surface area contributed by atoms with Gasteiger partial charge in [0.15, 0.2) is 0 Å². The van der Waals surface area contributed by atoms with Crippen LogP contribution in [-0.4, -0.2) is 29.2 Å². The molecule has 2 aromatic rings. The van der Waals surface area contributed by atoms with E-state index in [4.69, 9.17) is 9.31 Å². The van der Waals surface area contributed by atoms with Gasteiger partial charge in [0.1, 0.15) is 5.82 Å². The number of anilines is 1. The van der Waals surface area contributed by atoms with Crippen LogP contribution in [0.2, 0.25) is 0 Å². The van der Waals surface area contributed by atoms with Crippen LogP contribution >= 0.6 is 0 Å². The third kappa shape index (κ3) is 3.98. The Balaban J connectivity index is 2.02.